The van der Waals surface area contributed by atoms with E-state index in [2.05, 4.69) is 10.6 Å². The molecule has 4 aromatic rings. The second kappa shape index (κ2) is 9.77. The number of rotatable bonds is 8. The molecule has 0 aliphatic carbocycles. The van der Waals surface area contributed by atoms with Crippen molar-refractivity contribution >= 4 is 34.2 Å². The van der Waals surface area contributed by atoms with Gasteiger partial charge in [-0.25, -0.2) is 4.98 Å². The summed E-state index contributed by atoms with van der Waals surface area (Å²) in [6.45, 7) is 4.08. The molecule has 1 fully saturated rings. The quantitative estimate of drug-likeness (QED) is 0.328. The van der Waals surface area contributed by atoms with Crippen LogP contribution < -0.4 is 14.4 Å². The van der Waals surface area contributed by atoms with Gasteiger partial charge in [0, 0.05) is 18.9 Å². The lowest BCUT2D eigenvalue weighted by Gasteiger charge is -2.20. The Bertz CT molecular complexity index is 1320. The van der Waals surface area contributed by atoms with Crippen LogP contribution in [-0.4, -0.2) is 35.2 Å². The third kappa shape index (κ3) is 4.33. The molecule has 0 N–H and O–H groups in total. The Morgan fingerprint density at radius 1 is 0.971 bits per heavy atom. The SMILES string of the molecule is CCOc1ccccc1N1C[C@@H](c2nc3ccccc3n2CCOc2ccccc2Cl)CC1=O. The van der Waals surface area contributed by atoms with Gasteiger partial charge in [-0.3, -0.25) is 4.79 Å². The van der Waals surface area contributed by atoms with E-state index in [-0.39, 0.29) is 11.8 Å². The van der Waals surface area contributed by atoms with Crippen molar-refractivity contribution < 1.29 is 14.3 Å². The highest BCUT2D eigenvalue weighted by Gasteiger charge is 2.36. The normalized spacial score (nSPS) is 15.8. The number of fused-ring (bicyclic) bond motifs is 1. The van der Waals surface area contributed by atoms with E-state index in [4.69, 9.17) is 26.1 Å². The fourth-order valence-corrected chi connectivity index (χ4v) is 4.71. The Morgan fingerprint density at radius 3 is 2.53 bits per heavy atom. The zero-order valence-corrected chi connectivity index (χ0v) is 19.7. The minimum atomic E-state index is -0.0325. The van der Waals surface area contributed by atoms with Crippen LogP contribution in [0.1, 0.15) is 25.1 Å². The van der Waals surface area contributed by atoms with Gasteiger partial charge in [0.15, 0.2) is 0 Å². The van der Waals surface area contributed by atoms with Gasteiger partial charge < -0.3 is 18.9 Å². The first-order chi connectivity index (χ1) is 16.7. The monoisotopic (exact) mass is 475 g/mol. The molecule has 7 heteroatoms. The summed E-state index contributed by atoms with van der Waals surface area (Å²) in [5, 5.41) is 0.586. The van der Waals surface area contributed by atoms with Crippen molar-refractivity contribution in [1.82, 2.24) is 9.55 Å². The zero-order chi connectivity index (χ0) is 23.5. The second-order valence-electron chi connectivity index (χ2n) is 8.20. The van der Waals surface area contributed by atoms with Gasteiger partial charge in [-0.15, -0.1) is 0 Å². The molecular formula is C27H26ClN3O3. The zero-order valence-electron chi connectivity index (χ0n) is 19.0. The van der Waals surface area contributed by atoms with Crippen molar-refractivity contribution in [2.24, 2.45) is 0 Å². The van der Waals surface area contributed by atoms with Crippen LogP contribution in [0.25, 0.3) is 11.0 Å². The fraction of sp³-hybridized carbons (Fsp3) is 0.259. The number of imidazole rings is 1. The van der Waals surface area contributed by atoms with E-state index < -0.39 is 0 Å². The number of carbonyl (C=O) groups excluding carboxylic acids is 1. The van der Waals surface area contributed by atoms with Crippen LogP contribution in [0.5, 0.6) is 11.5 Å². The lowest BCUT2D eigenvalue weighted by atomic mass is 10.1. The molecule has 1 aliphatic heterocycles. The minimum Gasteiger partial charge on any atom is -0.492 e. The Morgan fingerprint density at radius 2 is 1.71 bits per heavy atom. The summed E-state index contributed by atoms with van der Waals surface area (Å²) in [6.07, 6.45) is 0.398. The summed E-state index contributed by atoms with van der Waals surface area (Å²) in [5.41, 5.74) is 2.75. The molecule has 5 rings (SSSR count). The lowest BCUT2D eigenvalue weighted by molar-refractivity contribution is -0.117. The number of para-hydroxylation sites is 5. The summed E-state index contributed by atoms with van der Waals surface area (Å²) >= 11 is 6.24. The van der Waals surface area contributed by atoms with Crippen LogP contribution in [-0.2, 0) is 11.3 Å². The molecule has 0 radical (unpaired) electrons. The van der Waals surface area contributed by atoms with Gasteiger partial charge in [-0.05, 0) is 43.3 Å². The molecule has 2 heterocycles. The molecule has 3 aromatic carbocycles. The van der Waals surface area contributed by atoms with Crippen LogP contribution in [0.4, 0.5) is 5.69 Å². The Balaban J connectivity index is 1.41. The molecular weight excluding hydrogens is 450 g/mol. The number of halogens is 1. The van der Waals surface area contributed by atoms with E-state index in [0.717, 1.165) is 28.3 Å². The van der Waals surface area contributed by atoms with Gasteiger partial charge in [-0.1, -0.05) is 48.0 Å². The smallest absolute Gasteiger partial charge is 0.227 e. The molecule has 0 unspecified atom stereocenters. The number of hydrogen-bond acceptors (Lipinski definition) is 4. The topological polar surface area (TPSA) is 56.6 Å². The van der Waals surface area contributed by atoms with Crippen molar-refractivity contribution in [3.05, 3.63) is 83.6 Å². The second-order valence-corrected chi connectivity index (χ2v) is 8.60. The predicted octanol–water partition coefficient (Wildman–Crippen LogP) is 5.69. The summed E-state index contributed by atoms with van der Waals surface area (Å²) < 4.78 is 13.9. The van der Waals surface area contributed by atoms with E-state index in [1.54, 1.807) is 0 Å². The van der Waals surface area contributed by atoms with E-state index in [0.29, 0.717) is 43.5 Å². The highest BCUT2D eigenvalue weighted by atomic mass is 35.5. The average Bonchev–Trinajstić information content (AvgIpc) is 3.41. The van der Waals surface area contributed by atoms with E-state index >= 15 is 0 Å². The molecule has 0 spiro atoms. The van der Waals surface area contributed by atoms with E-state index in [1.807, 2.05) is 78.6 Å². The van der Waals surface area contributed by atoms with Gasteiger partial charge in [-0.2, -0.15) is 0 Å². The number of carbonyl (C=O) groups is 1. The van der Waals surface area contributed by atoms with Gasteiger partial charge >= 0.3 is 0 Å². The molecule has 0 bridgehead atoms. The van der Waals surface area contributed by atoms with E-state index in [1.165, 1.54) is 0 Å². The summed E-state index contributed by atoms with van der Waals surface area (Å²) in [5.74, 6) is 2.32. The molecule has 1 aliphatic rings. The number of amides is 1. The Hall–Kier alpha value is -3.51. The van der Waals surface area contributed by atoms with Crippen molar-refractivity contribution in [2.75, 3.05) is 24.7 Å². The van der Waals surface area contributed by atoms with Gasteiger partial charge in [0.1, 0.15) is 23.9 Å². The van der Waals surface area contributed by atoms with Crippen molar-refractivity contribution in [3.63, 3.8) is 0 Å². The van der Waals surface area contributed by atoms with Gasteiger partial charge in [0.2, 0.25) is 5.91 Å². The summed E-state index contributed by atoms with van der Waals surface area (Å²) in [4.78, 5) is 19.8. The van der Waals surface area contributed by atoms with Crippen LogP contribution >= 0.6 is 11.6 Å². The molecule has 1 aromatic heterocycles. The molecule has 1 atom stereocenters. The van der Waals surface area contributed by atoms with Crippen molar-refractivity contribution in [3.8, 4) is 11.5 Å². The fourth-order valence-electron chi connectivity index (χ4n) is 4.52. The lowest BCUT2D eigenvalue weighted by Crippen LogP contribution is -2.25. The highest BCUT2D eigenvalue weighted by molar-refractivity contribution is 6.32. The van der Waals surface area contributed by atoms with Crippen molar-refractivity contribution in [2.45, 2.75) is 25.8 Å². The van der Waals surface area contributed by atoms with Crippen LogP contribution in [0.2, 0.25) is 5.02 Å². The first-order valence-electron chi connectivity index (χ1n) is 11.5. The maximum absolute atomic E-state index is 13.1. The number of benzene rings is 3. The van der Waals surface area contributed by atoms with Crippen LogP contribution in [0, 0.1) is 0 Å². The summed E-state index contributed by atoms with van der Waals surface area (Å²) in [6, 6.07) is 23.2. The van der Waals surface area contributed by atoms with E-state index in [9.17, 15) is 4.79 Å². The molecule has 1 saturated heterocycles. The molecule has 1 amide bonds. The number of anilines is 1. The standard InChI is InChI=1S/C27H26ClN3O3/c1-2-33-25-14-8-6-12-23(25)31-18-19(17-26(31)32)27-29-21-10-4-5-11-22(21)30(27)15-16-34-24-13-7-3-9-20(24)28/h3-14,19H,2,15-18H2,1H3/t19-/m0/s1. The average molecular weight is 476 g/mol. The third-order valence-corrected chi connectivity index (χ3v) is 6.35. The number of aromatic nitrogens is 2. The number of ether oxygens (including phenoxy) is 2. The molecule has 0 saturated carbocycles. The van der Waals surface area contributed by atoms with Gasteiger partial charge in [0.05, 0.1) is 34.9 Å². The largest absolute Gasteiger partial charge is 0.492 e. The Labute approximate surface area is 203 Å². The van der Waals surface area contributed by atoms with Crippen molar-refractivity contribution in [1.29, 1.82) is 0 Å². The van der Waals surface area contributed by atoms with Crippen LogP contribution in [0.15, 0.2) is 72.8 Å². The molecule has 174 valence electrons. The summed E-state index contributed by atoms with van der Waals surface area (Å²) in [7, 11) is 0. The Kier molecular flexibility index (Phi) is 6.41. The molecule has 6 nitrogen and oxygen atoms in total. The number of nitrogens with zero attached hydrogens (tertiary/aromatic N) is 3. The molecule has 34 heavy (non-hydrogen) atoms. The van der Waals surface area contributed by atoms with Crippen LogP contribution in [0.3, 0.4) is 0 Å². The minimum absolute atomic E-state index is 0.0325. The maximum atomic E-state index is 13.1. The first kappa shape index (κ1) is 22.3. The van der Waals surface area contributed by atoms with Gasteiger partial charge in [0.25, 0.3) is 0 Å². The highest BCUT2D eigenvalue weighted by Crippen LogP contribution is 2.37. The number of hydrogen-bond donors (Lipinski definition) is 0. The maximum Gasteiger partial charge on any atom is 0.227 e. The third-order valence-electron chi connectivity index (χ3n) is 6.04. The first-order valence-corrected chi connectivity index (χ1v) is 11.9. The predicted molar refractivity (Wildman–Crippen MR) is 134 cm³/mol.